The molecule has 1 aliphatic heterocycles. The number of piperidine rings is 1. The van der Waals surface area contributed by atoms with Crippen LogP contribution in [-0.4, -0.2) is 36.5 Å². The van der Waals surface area contributed by atoms with Crippen LogP contribution in [0.3, 0.4) is 0 Å². The van der Waals surface area contributed by atoms with Crippen LogP contribution in [0.2, 0.25) is 5.02 Å². The van der Waals surface area contributed by atoms with E-state index in [4.69, 9.17) is 22.3 Å². The first kappa shape index (κ1) is 21.9. The molecule has 0 bridgehead atoms. The number of nitrogens with two attached hydrogens (primary N) is 1. The SMILES string of the molecule is CCNC(=NCc1cccnc1N1CCC(C(N)=O)CC1)NCc1ccccc1Cl. The summed E-state index contributed by atoms with van der Waals surface area (Å²) >= 11 is 6.25. The van der Waals surface area contributed by atoms with Crippen LogP contribution in [-0.2, 0) is 17.9 Å². The third-order valence-corrected chi connectivity index (χ3v) is 5.59. The van der Waals surface area contributed by atoms with Crippen molar-refractivity contribution in [2.75, 3.05) is 24.5 Å². The van der Waals surface area contributed by atoms with E-state index in [1.54, 1.807) is 6.20 Å². The van der Waals surface area contributed by atoms with Gasteiger partial charge in [0.1, 0.15) is 5.82 Å². The quantitative estimate of drug-likeness (QED) is 0.465. The first-order valence-electron chi connectivity index (χ1n) is 10.3. The van der Waals surface area contributed by atoms with Gasteiger partial charge in [0.15, 0.2) is 5.96 Å². The monoisotopic (exact) mass is 428 g/mol. The molecule has 1 amide bonds. The Hall–Kier alpha value is -2.80. The summed E-state index contributed by atoms with van der Waals surface area (Å²) in [4.78, 5) is 23.0. The Bertz CT molecular complexity index is 879. The molecule has 0 atom stereocenters. The maximum atomic E-state index is 11.4. The van der Waals surface area contributed by atoms with Gasteiger partial charge in [0.05, 0.1) is 6.54 Å². The van der Waals surface area contributed by atoms with Gasteiger partial charge in [0.2, 0.25) is 5.91 Å². The highest BCUT2D eigenvalue weighted by atomic mass is 35.5. The summed E-state index contributed by atoms with van der Waals surface area (Å²) in [7, 11) is 0. The van der Waals surface area contributed by atoms with Gasteiger partial charge in [-0.05, 0) is 37.5 Å². The van der Waals surface area contributed by atoms with Gasteiger partial charge in [0.25, 0.3) is 0 Å². The predicted molar refractivity (Wildman–Crippen MR) is 121 cm³/mol. The van der Waals surface area contributed by atoms with E-state index >= 15 is 0 Å². The fraction of sp³-hybridized carbons (Fsp3) is 0.409. The van der Waals surface area contributed by atoms with E-state index in [0.717, 1.165) is 60.4 Å². The van der Waals surface area contributed by atoms with Crippen LogP contribution in [0.5, 0.6) is 0 Å². The predicted octanol–water partition coefficient (Wildman–Crippen LogP) is 2.69. The zero-order valence-corrected chi connectivity index (χ0v) is 18.0. The van der Waals surface area contributed by atoms with Crippen LogP contribution >= 0.6 is 11.6 Å². The minimum absolute atomic E-state index is 0.0409. The van der Waals surface area contributed by atoms with Crippen LogP contribution in [0.25, 0.3) is 0 Å². The average Bonchev–Trinajstić information content (AvgIpc) is 2.77. The van der Waals surface area contributed by atoms with E-state index in [1.165, 1.54) is 0 Å². The molecule has 1 aromatic carbocycles. The molecule has 1 saturated heterocycles. The van der Waals surface area contributed by atoms with Crippen LogP contribution in [0, 0.1) is 5.92 Å². The third-order valence-electron chi connectivity index (χ3n) is 5.22. The molecule has 1 aromatic heterocycles. The topological polar surface area (TPSA) is 95.6 Å². The largest absolute Gasteiger partial charge is 0.369 e. The number of amides is 1. The fourth-order valence-corrected chi connectivity index (χ4v) is 3.74. The molecule has 1 aliphatic rings. The Morgan fingerprint density at radius 3 is 2.63 bits per heavy atom. The van der Waals surface area contributed by atoms with E-state index in [2.05, 4.69) is 20.5 Å². The maximum absolute atomic E-state index is 11.4. The molecule has 8 heteroatoms. The standard InChI is InChI=1S/C22H29ClN6O/c1-2-25-22(27-14-17-6-3-4-8-19(17)23)28-15-18-7-5-11-26-21(18)29-12-9-16(10-13-29)20(24)30/h3-8,11,16H,2,9-10,12-15H2,1H3,(H2,24,30)(H2,25,27,28). The van der Waals surface area contributed by atoms with Crippen molar-refractivity contribution in [2.45, 2.75) is 32.9 Å². The number of guanidine groups is 1. The highest BCUT2D eigenvalue weighted by Crippen LogP contribution is 2.25. The number of carbonyl (C=O) groups is 1. The number of carbonyl (C=O) groups excluding carboxylic acids is 1. The van der Waals surface area contributed by atoms with Gasteiger partial charge < -0.3 is 21.3 Å². The molecule has 1 fully saturated rings. The number of halogens is 1. The second-order valence-corrected chi connectivity index (χ2v) is 7.70. The lowest BCUT2D eigenvalue weighted by molar-refractivity contribution is -0.122. The minimum Gasteiger partial charge on any atom is -0.369 e. The van der Waals surface area contributed by atoms with E-state index in [0.29, 0.717) is 13.1 Å². The lowest BCUT2D eigenvalue weighted by atomic mass is 9.96. The van der Waals surface area contributed by atoms with Crippen molar-refractivity contribution in [3.05, 3.63) is 58.7 Å². The molecule has 2 aromatic rings. The zero-order valence-electron chi connectivity index (χ0n) is 17.3. The summed E-state index contributed by atoms with van der Waals surface area (Å²) in [5, 5.41) is 7.34. The Morgan fingerprint density at radius 1 is 1.20 bits per heavy atom. The van der Waals surface area contributed by atoms with Gasteiger partial charge in [0, 0.05) is 48.9 Å². The molecule has 0 saturated carbocycles. The summed E-state index contributed by atoms with van der Waals surface area (Å²) in [6, 6.07) is 11.7. The van der Waals surface area contributed by atoms with Crippen LogP contribution in [0.15, 0.2) is 47.6 Å². The first-order valence-corrected chi connectivity index (χ1v) is 10.7. The second kappa shape index (κ2) is 10.8. The number of benzene rings is 1. The molecule has 0 aliphatic carbocycles. The number of pyridine rings is 1. The number of rotatable bonds is 7. The van der Waals surface area contributed by atoms with Crippen LogP contribution in [0.4, 0.5) is 5.82 Å². The van der Waals surface area contributed by atoms with Gasteiger partial charge in [-0.3, -0.25) is 4.79 Å². The third kappa shape index (κ3) is 5.86. The second-order valence-electron chi connectivity index (χ2n) is 7.29. The smallest absolute Gasteiger partial charge is 0.220 e. The number of aliphatic imine (C=N–C) groups is 1. The zero-order chi connectivity index (χ0) is 21.3. The van der Waals surface area contributed by atoms with E-state index in [9.17, 15) is 4.79 Å². The average molecular weight is 429 g/mol. The molecule has 30 heavy (non-hydrogen) atoms. The van der Waals surface area contributed by atoms with Gasteiger partial charge in [-0.25, -0.2) is 9.98 Å². The van der Waals surface area contributed by atoms with Crippen molar-refractivity contribution < 1.29 is 4.79 Å². The number of hydrogen-bond donors (Lipinski definition) is 3. The molecule has 0 spiro atoms. The van der Waals surface area contributed by atoms with Crippen molar-refractivity contribution in [3.63, 3.8) is 0 Å². The number of hydrogen-bond acceptors (Lipinski definition) is 4. The van der Waals surface area contributed by atoms with Crippen molar-refractivity contribution in [1.82, 2.24) is 15.6 Å². The van der Waals surface area contributed by atoms with Crippen molar-refractivity contribution in [2.24, 2.45) is 16.6 Å². The summed E-state index contributed by atoms with van der Waals surface area (Å²) in [6.45, 7) is 5.42. The number of nitrogens with one attached hydrogen (secondary N) is 2. The maximum Gasteiger partial charge on any atom is 0.220 e. The Morgan fingerprint density at radius 2 is 1.93 bits per heavy atom. The molecular weight excluding hydrogens is 400 g/mol. The molecule has 4 N–H and O–H groups in total. The van der Waals surface area contributed by atoms with E-state index < -0.39 is 0 Å². The summed E-state index contributed by atoms with van der Waals surface area (Å²) in [5.74, 6) is 1.40. The summed E-state index contributed by atoms with van der Waals surface area (Å²) in [6.07, 6.45) is 3.32. The van der Waals surface area contributed by atoms with Gasteiger partial charge in [-0.1, -0.05) is 35.9 Å². The normalized spacial score (nSPS) is 15.1. The number of nitrogens with zero attached hydrogens (tertiary/aromatic N) is 3. The van der Waals surface area contributed by atoms with Crippen LogP contribution in [0.1, 0.15) is 30.9 Å². The van der Waals surface area contributed by atoms with Crippen molar-refractivity contribution in [1.29, 1.82) is 0 Å². The van der Waals surface area contributed by atoms with Crippen molar-refractivity contribution >= 4 is 29.3 Å². The first-order chi connectivity index (χ1) is 14.6. The molecular formula is C22H29ClN6O. The molecule has 0 radical (unpaired) electrons. The number of primary amides is 1. The number of aromatic nitrogens is 1. The van der Waals surface area contributed by atoms with Gasteiger partial charge in [-0.2, -0.15) is 0 Å². The summed E-state index contributed by atoms with van der Waals surface area (Å²) < 4.78 is 0. The molecule has 0 unspecified atom stereocenters. The van der Waals surface area contributed by atoms with E-state index in [1.807, 2.05) is 43.3 Å². The molecule has 3 rings (SSSR count). The lowest BCUT2D eigenvalue weighted by Gasteiger charge is -2.32. The highest BCUT2D eigenvalue weighted by Gasteiger charge is 2.24. The Kier molecular flexibility index (Phi) is 7.90. The fourth-order valence-electron chi connectivity index (χ4n) is 3.54. The highest BCUT2D eigenvalue weighted by molar-refractivity contribution is 6.31. The summed E-state index contributed by atoms with van der Waals surface area (Å²) in [5.41, 5.74) is 7.52. The Labute approximate surface area is 182 Å². The molecule has 2 heterocycles. The van der Waals surface area contributed by atoms with Crippen molar-refractivity contribution in [3.8, 4) is 0 Å². The van der Waals surface area contributed by atoms with Crippen LogP contribution < -0.4 is 21.3 Å². The molecule has 160 valence electrons. The van der Waals surface area contributed by atoms with Gasteiger partial charge >= 0.3 is 0 Å². The Balaban J connectivity index is 1.67. The van der Waals surface area contributed by atoms with Gasteiger partial charge in [-0.15, -0.1) is 0 Å². The van der Waals surface area contributed by atoms with E-state index in [-0.39, 0.29) is 11.8 Å². The number of anilines is 1. The minimum atomic E-state index is -0.208. The molecule has 7 nitrogen and oxygen atoms in total. The lowest BCUT2D eigenvalue weighted by Crippen LogP contribution is -2.39.